The van der Waals surface area contributed by atoms with Crippen molar-refractivity contribution in [1.82, 2.24) is 4.98 Å². The van der Waals surface area contributed by atoms with Gasteiger partial charge >= 0.3 is 6.18 Å². The monoisotopic (exact) mass is 339 g/mol. The molecule has 0 bridgehead atoms. The molecule has 1 unspecified atom stereocenters. The number of nitrogens with zero attached hydrogens (tertiary/aromatic N) is 1. The molecule has 1 aromatic carbocycles. The Balaban J connectivity index is 2.18. The van der Waals surface area contributed by atoms with E-state index in [-0.39, 0.29) is 11.5 Å². The molecule has 1 aliphatic carbocycles. The number of alkyl halides is 3. The predicted molar refractivity (Wildman–Crippen MR) is 81.7 cm³/mol. The summed E-state index contributed by atoms with van der Waals surface area (Å²) in [4.78, 5) is 4.07. The number of hydrogen-bond donors (Lipinski definition) is 1. The van der Waals surface area contributed by atoms with Crippen LogP contribution in [-0.4, -0.2) is 10.1 Å². The van der Waals surface area contributed by atoms with E-state index in [2.05, 4.69) is 4.98 Å². The fourth-order valence-corrected chi connectivity index (χ4v) is 3.35. The van der Waals surface area contributed by atoms with Crippen molar-refractivity contribution in [2.24, 2.45) is 5.92 Å². The van der Waals surface area contributed by atoms with Crippen molar-refractivity contribution >= 4 is 0 Å². The van der Waals surface area contributed by atoms with Crippen LogP contribution in [0.15, 0.2) is 30.6 Å². The molecule has 1 heterocycles. The van der Waals surface area contributed by atoms with Crippen LogP contribution in [0.5, 0.6) is 0 Å². The first-order chi connectivity index (χ1) is 11.1. The molecule has 1 atom stereocenters. The molecular formula is C18H17F4NO. The van der Waals surface area contributed by atoms with Crippen molar-refractivity contribution in [3.8, 4) is 11.1 Å². The Bertz CT molecular complexity index is 785. The van der Waals surface area contributed by atoms with Gasteiger partial charge in [0.05, 0.1) is 11.2 Å². The van der Waals surface area contributed by atoms with E-state index in [0.717, 1.165) is 17.7 Å². The molecule has 3 rings (SSSR count). The number of rotatable bonds is 2. The quantitative estimate of drug-likeness (QED) is 0.805. The number of pyridine rings is 1. The van der Waals surface area contributed by atoms with E-state index in [1.807, 2.05) is 13.8 Å². The second kappa shape index (κ2) is 5.55. The fraction of sp³-hybridized carbons (Fsp3) is 0.389. The summed E-state index contributed by atoms with van der Waals surface area (Å²) in [5.41, 5.74) is -0.416. The molecule has 0 radical (unpaired) electrons. The van der Waals surface area contributed by atoms with Gasteiger partial charge < -0.3 is 5.11 Å². The summed E-state index contributed by atoms with van der Waals surface area (Å²) in [6.07, 6.45) is -0.479. The lowest BCUT2D eigenvalue weighted by molar-refractivity contribution is -0.137. The van der Waals surface area contributed by atoms with Crippen LogP contribution in [0.25, 0.3) is 11.1 Å². The average molecular weight is 339 g/mol. The SMILES string of the molecule is CC(C)C1(O)CCc2cncc(-c3ccc(C(F)(F)F)cc3F)c21. The van der Waals surface area contributed by atoms with Crippen molar-refractivity contribution in [3.63, 3.8) is 0 Å². The number of benzene rings is 1. The van der Waals surface area contributed by atoms with E-state index in [0.29, 0.717) is 30.0 Å². The third-order valence-corrected chi connectivity index (χ3v) is 4.77. The lowest BCUT2D eigenvalue weighted by atomic mass is 9.81. The van der Waals surface area contributed by atoms with Crippen LogP contribution < -0.4 is 0 Å². The standard InChI is InChI=1S/C18H17F4NO/c1-10(2)17(24)6-5-11-8-23-9-14(16(11)17)13-4-3-12(7-15(13)19)18(20,21)22/h3-4,7-10,24H,5-6H2,1-2H3. The number of aryl methyl sites for hydroxylation is 1. The zero-order valence-electron chi connectivity index (χ0n) is 13.3. The van der Waals surface area contributed by atoms with Gasteiger partial charge in [-0.3, -0.25) is 4.98 Å². The minimum absolute atomic E-state index is 0.0216. The second-order valence-corrected chi connectivity index (χ2v) is 6.49. The topological polar surface area (TPSA) is 33.1 Å². The van der Waals surface area contributed by atoms with E-state index in [4.69, 9.17) is 0 Å². The molecule has 0 spiro atoms. The first-order valence-electron chi connectivity index (χ1n) is 7.71. The fourth-order valence-electron chi connectivity index (χ4n) is 3.35. The third-order valence-electron chi connectivity index (χ3n) is 4.77. The molecule has 0 saturated heterocycles. The normalized spacial score (nSPS) is 20.5. The van der Waals surface area contributed by atoms with Gasteiger partial charge in [-0.1, -0.05) is 19.9 Å². The van der Waals surface area contributed by atoms with Gasteiger partial charge in [0.15, 0.2) is 0 Å². The molecule has 24 heavy (non-hydrogen) atoms. The van der Waals surface area contributed by atoms with E-state index >= 15 is 0 Å². The summed E-state index contributed by atoms with van der Waals surface area (Å²) in [7, 11) is 0. The molecule has 0 aliphatic heterocycles. The summed E-state index contributed by atoms with van der Waals surface area (Å²) in [5.74, 6) is -1.09. The molecule has 2 aromatic rings. The van der Waals surface area contributed by atoms with Gasteiger partial charge in [0.2, 0.25) is 0 Å². The highest BCUT2D eigenvalue weighted by molar-refractivity contribution is 5.71. The zero-order chi connectivity index (χ0) is 17.7. The largest absolute Gasteiger partial charge is 0.416 e. The van der Waals surface area contributed by atoms with Gasteiger partial charge in [-0.05, 0) is 42.0 Å². The Morgan fingerprint density at radius 3 is 2.46 bits per heavy atom. The Hall–Kier alpha value is -1.95. The van der Waals surface area contributed by atoms with Crippen LogP contribution in [0, 0.1) is 11.7 Å². The van der Waals surface area contributed by atoms with E-state index in [1.165, 1.54) is 6.20 Å². The average Bonchev–Trinajstić information content (AvgIpc) is 2.85. The summed E-state index contributed by atoms with van der Waals surface area (Å²) >= 11 is 0. The van der Waals surface area contributed by atoms with Gasteiger partial charge in [-0.25, -0.2) is 4.39 Å². The Morgan fingerprint density at radius 1 is 1.17 bits per heavy atom. The summed E-state index contributed by atoms with van der Waals surface area (Å²) < 4.78 is 52.6. The van der Waals surface area contributed by atoms with Crippen LogP contribution in [0.2, 0.25) is 0 Å². The maximum atomic E-state index is 14.4. The van der Waals surface area contributed by atoms with Crippen molar-refractivity contribution in [2.45, 2.75) is 38.5 Å². The Labute approximate surface area is 137 Å². The molecule has 128 valence electrons. The molecule has 6 heteroatoms. The third kappa shape index (κ3) is 2.59. The molecule has 0 amide bonds. The van der Waals surface area contributed by atoms with Crippen molar-refractivity contribution in [1.29, 1.82) is 0 Å². The van der Waals surface area contributed by atoms with Crippen molar-refractivity contribution in [2.75, 3.05) is 0 Å². The van der Waals surface area contributed by atoms with Gasteiger partial charge in [-0.15, -0.1) is 0 Å². The molecule has 1 aromatic heterocycles. The smallest absolute Gasteiger partial charge is 0.385 e. The van der Waals surface area contributed by atoms with Gasteiger partial charge in [0.1, 0.15) is 5.82 Å². The lowest BCUT2D eigenvalue weighted by Crippen LogP contribution is -2.29. The maximum absolute atomic E-state index is 14.4. The minimum atomic E-state index is -4.60. The molecular weight excluding hydrogens is 322 g/mol. The van der Waals surface area contributed by atoms with Gasteiger partial charge in [0.25, 0.3) is 0 Å². The first kappa shape index (κ1) is 16.9. The molecule has 2 nitrogen and oxygen atoms in total. The number of halogens is 4. The highest BCUT2D eigenvalue weighted by Gasteiger charge is 2.42. The molecule has 0 saturated carbocycles. The minimum Gasteiger partial charge on any atom is -0.385 e. The Morgan fingerprint density at radius 2 is 1.88 bits per heavy atom. The highest BCUT2D eigenvalue weighted by Crippen LogP contribution is 2.47. The zero-order valence-corrected chi connectivity index (χ0v) is 13.3. The maximum Gasteiger partial charge on any atom is 0.416 e. The van der Waals surface area contributed by atoms with Crippen LogP contribution in [0.4, 0.5) is 17.6 Å². The summed E-state index contributed by atoms with van der Waals surface area (Å²) in [5, 5.41) is 11.0. The van der Waals surface area contributed by atoms with Crippen LogP contribution >= 0.6 is 0 Å². The number of aliphatic hydroxyl groups is 1. The number of fused-ring (bicyclic) bond motifs is 1. The molecule has 1 aliphatic rings. The van der Waals surface area contributed by atoms with Crippen LogP contribution in [0.3, 0.4) is 0 Å². The van der Waals surface area contributed by atoms with Gasteiger partial charge in [0, 0.05) is 23.5 Å². The van der Waals surface area contributed by atoms with E-state index < -0.39 is 23.2 Å². The summed E-state index contributed by atoms with van der Waals surface area (Å²) in [6.45, 7) is 3.73. The lowest BCUT2D eigenvalue weighted by Gasteiger charge is -2.30. The first-order valence-corrected chi connectivity index (χ1v) is 7.71. The summed E-state index contributed by atoms with van der Waals surface area (Å²) in [6, 6.07) is 2.44. The van der Waals surface area contributed by atoms with Crippen molar-refractivity contribution < 1.29 is 22.7 Å². The predicted octanol–water partition coefficient (Wildman–Crippen LogP) is 4.70. The number of aromatic nitrogens is 1. The van der Waals surface area contributed by atoms with E-state index in [1.54, 1.807) is 6.20 Å². The van der Waals surface area contributed by atoms with Crippen LogP contribution in [-0.2, 0) is 18.2 Å². The second-order valence-electron chi connectivity index (χ2n) is 6.49. The van der Waals surface area contributed by atoms with Crippen LogP contribution in [0.1, 0.15) is 37.0 Å². The van der Waals surface area contributed by atoms with Crippen molar-refractivity contribution in [3.05, 3.63) is 53.1 Å². The van der Waals surface area contributed by atoms with E-state index in [9.17, 15) is 22.7 Å². The number of hydrogen-bond acceptors (Lipinski definition) is 2. The molecule has 0 fully saturated rings. The Kier molecular flexibility index (Phi) is 3.91. The molecule has 1 N–H and O–H groups in total. The van der Waals surface area contributed by atoms with Gasteiger partial charge in [-0.2, -0.15) is 13.2 Å². The highest BCUT2D eigenvalue weighted by atomic mass is 19.4.